The minimum absolute atomic E-state index is 0.472. The van der Waals surface area contributed by atoms with Crippen molar-refractivity contribution in [1.82, 2.24) is 20.1 Å². The van der Waals surface area contributed by atoms with Gasteiger partial charge < -0.3 is 9.88 Å². The van der Waals surface area contributed by atoms with Gasteiger partial charge in [0.1, 0.15) is 11.6 Å². The number of fused-ring (bicyclic) bond motifs is 1. The summed E-state index contributed by atoms with van der Waals surface area (Å²) < 4.78 is 2.33. The van der Waals surface area contributed by atoms with Crippen LogP contribution in [0.25, 0.3) is 0 Å². The van der Waals surface area contributed by atoms with Gasteiger partial charge in [-0.25, -0.2) is 0 Å². The fourth-order valence-electron chi connectivity index (χ4n) is 4.24. The average molecular weight is 276 g/mol. The number of nitrogens with one attached hydrogen (secondary N) is 1. The lowest BCUT2D eigenvalue weighted by atomic mass is 9.70. The number of hydrogen-bond donors (Lipinski definition) is 1. The molecule has 2 atom stereocenters. The van der Waals surface area contributed by atoms with Gasteiger partial charge in [0.2, 0.25) is 0 Å². The van der Waals surface area contributed by atoms with Crippen LogP contribution in [0, 0.1) is 11.3 Å². The van der Waals surface area contributed by atoms with Gasteiger partial charge in [0.05, 0.1) is 6.54 Å². The van der Waals surface area contributed by atoms with Crippen molar-refractivity contribution in [3.05, 3.63) is 11.6 Å². The van der Waals surface area contributed by atoms with Crippen LogP contribution in [0.1, 0.15) is 64.5 Å². The van der Waals surface area contributed by atoms with Crippen molar-refractivity contribution in [3.8, 4) is 0 Å². The molecule has 1 aromatic rings. The molecule has 1 saturated carbocycles. The highest BCUT2D eigenvalue weighted by Crippen LogP contribution is 2.38. The summed E-state index contributed by atoms with van der Waals surface area (Å²) in [6.07, 6.45) is 7.56. The number of nitrogens with zero attached hydrogens (tertiary/aromatic N) is 3. The van der Waals surface area contributed by atoms with E-state index in [1.807, 2.05) is 0 Å². The molecule has 1 aliphatic heterocycles. The van der Waals surface area contributed by atoms with Crippen LogP contribution in [-0.4, -0.2) is 20.8 Å². The third kappa shape index (κ3) is 3.05. The molecule has 1 fully saturated rings. The van der Waals surface area contributed by atoms with Gasteiger partial charge in [0.25, 0.3) is 0 Å². The van der Waals surface area contributed by atoms with E-state index in [1.54, 1.807) is 0 Å². The largest absolute Gasteiger partial charge is 0.314 e. The lowest BCUT2D eigenvalue weighted by Crippen LogP contribution is -2.40. The molecule has 1 N–H and O–H groups in total. The predicted molar refractivity (Wildman–Crippen MR) is 80.4 cm³/mol. The SMILES string of the molecule is C[C@H]1CC(NCc2nnc3n2CCCC3)CC(C)(C)C1. The highest BCUT2D eigenvalue weighted by Gasteiger charge is 2.31. The van der Waals surface area contributed by atoms with Crippen LogP contribution >= 0.6 is 0 Å². The van der Waals surface area contributed by atoms with E-state index in [-0.39, 0.29) is 0 Å². The van der Waals surface area contributed by atoms with E-state index in [2.05, 4.69) is 40.9 Å². The number of aryl methyl sites for hydroxylation is 1. The Morgan fingerprint density at radius 3 is 2.90 bits per heavy atom. The van der Waals surface area contributed by atoms with E-state index in [0.29, 0.717) is 11.5 Å². The second-order valence-electron chi connectivity index (χ2n) is 7.63. The maximum atomic E-state index is 4.39. The Labute approximate surface area is 122 Å². The first kappa shape index (κ1) is 14.1. The molecular formula is C16H28N4. The molecule has 4 heteroatoms. The van der Waals surface area contributed by atoms with E-state index < -0.39 is 0 Å². The standard InChI is InChI=1S/C16H28N4/c1-12-8-13(10-16(2,3)9-12)17-11-15-19-18-14-6-4-5-7-20(14)15/h12-13,17H,4-11H2,1-3H3/t12-,13?/m0/s1. The Balaban J connectivity index is 1.60. The third-order valence-electron chi connectivity index (χ3n) is 4.87. The molecule has 0 aromatic carbocycles. The number of hydrogen-bond acceptors (Lipinski definition) is 3. The number of aromatic nitrogens is 3. The van der Waals surface area contributed by atoms with Crippen LogP contribution in [0.4, 0.5) is 0 Å². The van der Waals surface area contributed by atoms with Crippen LogP contribution in [0.15, 0.2) is 0 Å². The Hall–Kier alpha value is -0.900. The summed E-state index contributed by atoms with van der Waals surface area (Å²) in [6, 6.07) is 0.630. The Kier molecular flexibility index (Phi) is 3.85. The smallest absolute Gasteiger partial charge is 0.147 e. The first-order valence-corrected chi connectivity index (χ1v) is 8.18. The molecular weight excluding hydrogens is 248 g/mol. The molecule has 1 unspecified atom stereocenters. The van der Waals surface area contributed by atoms with Crippen molar-refractivity contribution < 1.29 is 0 Å². The molecule has 0 radical (unpaired) electrons. The summed E-state index contributed by atoms with van der Waals surface area (Å²) in [5.74, 6) is 3.14. The highest BCUT2D eigenvalue weighted by molar-refractivity contribution is 4.99. The zero-order valence-corrected chi connectivity index (χ0v) is 13.2. The van der Waals surface area contributed by atoms with Crippen LogP contribution in [-0.2, 0) is 19.5 Å². The molecule has 3 rings (SSSR count). The predicted octanol–water partition coefficient (Wildman–Crippen LogP) is 2.92. The molecule has 2 aliphatic rings. The minimum Gasteiger partial charge on any atom is -0.314 e. The molecule has 20 heavy (non-hydrogen) atoms. The van der Waals surface area contributed by atoms with Gasteiger partial charge in [0.15, 0.2) is 0 Å². The molecule has 112 valence electrons. The minimum atomic E-state index is 0.472. The second kappa shape index (κ2) is 5.47. The Bertz CT molecular complexity index is 463. The van der Waals surface area contributed by atoms with E-state index >= 15 is 0 Å². The quantitative estimate of drug-likeness (QED) is 0.923. The monoisotopic (exact) mass is 276 g/mol. The summed E-state index contributed by atoms with van der Waals surface area (Å²) in [5.41, 5.74) is 0.472. The summed E-state index contributed by atoms with van der Waals surface area (Å²) >= 11 is 0. The second-order valence-corrected chi connectivity index (χ2v) is 7.63. The molecule has 0 saturated heterocycles. The van der Waals surface area contributed by atoms with Crippen LogP contribution in [0.2, 0.25) is 0 Å². The van der Waals surface area contributed by atoms with Crippen LogP contribution < -0.4 is 5.32 Å². The van der Waals surface area contributed by atoms with Crippen molar-refractivity contribution >= 4 is 0 Å². The Morgan fingerprint density at radius 2 is 2.10 bits per heavy atom. The molecule has 4 nitrogen and oxygen atoms in total. The highest BCUT2D eigenvalue weighted by atomic mass is 15.3. The zero-order chi connectivity index (χ0) is 14.2. The first-order chi connectivity index (χ1) is 9.53. The van der Waals surface area contributed by atoms with Gasteiger partial charge in [-0.1, -0.05) is 20.8 Å². The Morgan fingerprint density at radius 1 is 1.25 bits per heavy atom. The van der Waals surface area contributed by atoms with Gasteiger partial charge in [-0.05, 0) is 43.4 Å². The van der Waals surface area contributed by atoms with Gasteiger partial charge in [-0.3, -0.25) is 0 Å². The van der Waals surface area contributed by atoms with Crippen molar-refractivity contribution in [2.24, 2.45) is 11.3 Å². The normalized spacial score (nSPS) is 29.1. The lowest BCUT2D eigenvalue weighted by Gasteiger charge is -2.39. The maximum Gasteiger partial charge on any atom is 0.147 e. The first-order valence-electron chi connectivity index (χ1n) is 8.18. The maximum absolute atomic E-state index is 4.39. The molecule has 1 aromatic heterocycles. The summed E-state index contributed by atoms with van der Waals surface area (Å²) in [6.45, 7) is 9.16. The molecule has 0 amide bonds. The summed E-state index contributed by atoms with van der Waals surface area (Å²) in [7, 11) is 0. The topological polar surface area (TPSA) is 42.7 Å². The average Bonchev–Trinajstić information content (AvgIpc) is 2.77. The van der Waals surface area contributed by atoms with Gasteiger partial charge in [-0.2, -0.15) is 0 Å². The fourth-order valence-corrected chi connectivity index (χ4v) is 4.24. The van der Waals surface area contributed by atoms with E-state index in [9.17, 15) is 0 Å². The zero-order valence-electron chi connectivity index (χ0n) is 13.2. The van der Waals surface area contributed by atoms with E-state index in [4.69, 9.17) is 0 Å². The van der Waals surface area contributed by atoms with Crippen molar-refractivity contribution in [1.29, 1.82) is 0 Å². The van der Waals surface area contributed by atoms with Crippen molar-refractivity contribution in [2.75, 3.05) is 0 Å². The van der Waals surface area contributed by atoms with Crippen LogP contribution in [0.5, 0.6) is 0 Å². The summed E-state index contributed by atoms with van der Waals surface area (Å²) in [4.78, 5) is 0. The van der Waals surface area contributed by atoms with Gasteiger partial charge in [-0.15, -0.1) is 10.2 Å². The van der Waals surface area contributed by atoms with E-state index in [0.717, 1.165) is 31.3 Å². The molecule has 0 bridgehead atoms. The van der Waals surface area contributed by atoms with E-state index in [1.165, 1.54) is 37.9 Å². The number of rotatable bonds is 3. The van der Waals surface area contributed by atoms with Gasteiger partial charge in [0, 0.05) is 19.0 Å². The summed E-state index contributed by atoms with van der Waals surface area (Å²) in [5, 5.41) is 12.5. The van der Waals surface area contributed by atoms with Crippen LogP contribution in [0.3, 0.4) is 0 Å². The van der Waals surface area contributed by atoms with Gasteiger partial charge >= 0.3 is 0 Å². The van der Waals surface area contributed by atoms with Crippen molar-refractivity contribution in [3.63, 3.8) is 0 Å². The fraction of sp³-hybridized carbons (Fsp3) is 0.875. The molecule has 1 aliphatic carbocycles. The van der Waals surface area contributed by atoms with Crippen molar-refractivity contribution in [2.45, 2.75) is 78.4 Å². The molecule has 2 heterocycles. The molecule has 0 spiro atoms. The third-order valence-corrected chi connectivity index (χ3v) is 4.87. The lowest BCUT2D eigenvalue weighted by molar-refractivity contribution is 0.150.